The van der Waals surface area contributed by atoms with Crippen molar-refractivity contribution in [1.82, 2.24) is 9.97 Å². The Morgan fingerprint density at radius 3 is 1.36 bits per heavy atom. The molecule has 0 fully saturated rings. The van der Waals surface area contributed by atoms with Gasteiger partial charge in [0.2, 0.25) is 0 Å². The summed E-state index contributed by atoms with van der Waals surface area (Å²) in [6.45, 7) is 5.09. The molecule has 0 spiro atoms. The first-order valence-electron chi connectivity index (χ1n) is 22.8. The summed E-state index contributed by atoms with van der Waals surface area (Å²) in [5.74, 6) is 11.8. The molecule has 18 nitrogen and oxygen atoms in total. The number of nitro benzene ring substituents is 1. The lowest BCUT2D eigenvalue weighted by atomic mass is 10.0. The highest BCUT2D eigenvalue weighted by Gasteiger charge is 2.18. The molecule has 368 valence electrons. The standard InChI is InChI=1S/C26H24N6O4.C26H26N6O2.C2H6/c27-25-24(31-28)11-10-23(30-25)18-14-19(16-21(15-18)32(34)35)26(33)29-20-6-8-22(9-7-20)36-13-12-17-4-2-1-3-5-17;27-20-15-18(23-10-11-24(32-29)25(28)31-23)14-19(16-20)26(33)30-21-6-8-22(9-7-21)34-13-12-17-4-2-1-3-5-17;1-2/h1-11,14-16,31H,12-13,28H2,(H2,27,30)(H,29,33);1-11,14-16,32H,12-13,27,29H2,(H2,28,31)(H,30,33);1-2H3. The van der Waals surface area contributed by atoms with E-state index in [1.54, 1.807) is 78.9 Å². The maximum atomic E-state index is 12.9. The lowest BCUT2D eigenvalue weighted by molar-refractivity contribution is -0.384. The first-order valence-corrected chi connectivity index (χ1v) is 22.8. The fraction of sp³-hybridized carbons (Fsp3) is 0.111. The van der Waals surface area contributed by atoms with Gasteiger partial charge in [-0.2, -0.15) is 0 Å². The van der Waals surface area contributed by atoms with Gasteiger partial charge in [-0.15, -0.1) is 0 Å². The third kappa shape index (κ3) is 14.7. The monoisotopic (exact) mass is 968 g/mol. The largest absolute Gasteiger partial charge is 0.493 e. The summed E-state index contributed by atoms with van der Waals surface area (Å²) in [5.41, 5.74) is 29.9. The van der Waals surface area contributed by atoms with E-state index in [9.17, 15) is 19.7 Å². The van der Waals surface area contributed by atoms with Crippen LogP contribution in [0.4, 0.5) is 45.8 Å². The molecule has 2 heterocycles. The normalized spacial score (nSPS) is 10.3. The molecule has 0 atom stereocenters. The SMILES string of the molecule is CC.NNc1ccc(-c2cc(C(=O)Nc3ccc(OCCc4ccccc4)cc3)cc([N+](=O)[O-])c2)nc1N.NNc1ccc(-c2cc(N)cc(C(=O)Nc3ccc(OCCc4ccccc4)cc3)c2)nc1N. The third-order valence-electron chi connectivity index (χ3n) is 10.6. The minimum absolute atomic E-state index is 0.101. The van der Waals surface area contributed by atoms with Gasteiger partial charge in [0, 0.05) is 64.3 Å². The van der Waals surface area contributed by atoms with Crippen molar-refractivity contribution in [3.05, 3.63) is 202 Å². The number of carbonyl (C=O) groups is 2. The fourth-order valence-corrected chi connectivity index (χ4v) is 6.98. The number of nitrogens with two attached hydrogens (primary N) is 5. The Morgan fingerprint density at radius 1 is 0.542 bits per heavy atom. The number of non-ortho nitro benzene ring substituents is 1. The van der Waals surface area contributed by atoms with Crippen molar-refractivity contribution in [2.45, 2.75) is 26.7 Å². The minimum Gasteiger partial charge on any atom is -0.493 e. The van der Waals surface area contributed by atoms with E-state index in [1.165, 1.54) is 29.3 Å². The van der Waals surface area contributed by atoms with E-state index >= 15 is 0 Å². The number of benzene rings is 6. The molecule has 0 saturated heterocycles. The van der Waals surface area contributed by atoms with Crippen molar-refractivity contribution in [3.8, 4) is 34.0 Å². The van der Waals surface area contributed by atoms with E-state index in [-0.39, 0.29) is 28.8 Å². The summed E-state index contributed by atoms with van der Waals surface area (Å²) >= 11 is 0. The van der Waals surface area contributed by atoms with Crippen molar-refractivity contribution in [2.24, 2.45) is 11.7 Å². The number of nitro groups is 1. The van der Waals surface area contributed by atoms with Gasteiger partial charge in [0.25, 0.3) is 17.5 Å². The predicted molar refractivity (Wildman–Crippen MR) is 286 cm³/mol. The maximum Gasteiger partial charge on any atom is 0.270 e. The van der Waals surface area contributed by atoms with E-state index < -0.39 is 10.8 Å². The number of carbonyl (C=O) groups excluding carboxylic acids is 2. The number of anilines is 7. The van der Waals surface area contributed by atoms with Gasteiger partial charge in [-0.1, -0.05) is 74.5 Å². The summed E-state index contributed by atoms with van der Waals surface area (Å²) in [4.78, 5) is 45.2. The summed E-state index contributed by atoms with van der Waals surface area (Å²) < 4.78 is 11.6. The Bertz CT molecular complexity index is 3070. The van der Waals surface area contributed by atoms with Crippen molar-refractivity contribution >= 4 is 57.6 Å². The molecule has 18 heteroatoms. The molecule has 0 aliphatic rings. The molecule has 0 bridgehead atoms. The Kier molecular flexibility index (Phi) is 18.5. The number of hydrazine groups is 2. The van der Waals surface area contributed by atoms with Crippen LogP contribution in [-0.4, -0.2) is 39.9 Å². The van der Waals surface area contributed by atoms with Crippen molar-refractivity contribution in [1.29, 1.82) is 0 Å². The van der Waals surface area contributed by atoms with Gasteiger partial charge in [-0.3, -0.25) is 31.4 Å². The van der Waals surface area contributed by atoms with Crippen LogP contribution in [0.2, 0.25) is 0 Å². The molecular formula is C54H56N12O6. The van der Waals surface area contributed by atoms with Gasteiger partial charge >= 0.3 is 0 Å². The van der Waals surface area contributed by atoms with Crippen molar-refractivity contribution in [2.75, 3.05) is 51.9 Å². The van der Waals surface area contributed by atoms with E-state index in [1.807, 2.05) is 74.5 Å². The second kappa shape index (κ2) is 25.7. The first kappa shape index (κ1) is 51.9. The van der Waals surface area contributed by atoms with Crippen LogP contribution in [0.1, 0.15) is 45.7 Å². The van der Waals surface area contributed by atoms with Crippen molar-refractivity contribution < 1.29 is 24.0 Å². The zero-order chi connectivity index (χ0) is 51.4. The predicted octanol–water partition coefficient (Wildman–Crippen LogP) is 9.50. The molecule has 0 aliphatic heterocycles. The average Bonchev–Trinajstić information content (AvgIpc) is 3.40. The molecule has 2 amide bonds. The molecule has 8 aromatic rings. The Hall–Kier alpha value is -9.52. The average molecular weight is 969 g/mol. The zero-order valence-corrected chi connectivity index (χ0v) is 39.7. The summed E-state index contributed by atoms with van der Waals surface area (Å²) in [7, 11) is 0. The van der Waals surface area contributed by atoms with E-state index in [0.717, 1.165) is 18.6 Å². The Morgan fingerprint density at radius 2 is 0.958 bits per heavy atom. The van der Waals surface area contributed by atoms with E-state index in [4.69, 9.17) is 38.4 Å². The van der Waals surface area contributed by atoms with Crippen LogP contribution in [-0.2, 0) is 12.8 Å². The second-order valence-corrected chi connectivity index (χ2v) is 15.5. The van der Waals surface area contributed by atoms with Crippen LogP contribution in [0.15, 0.2) is 170 Å². The van der Waals surface area contributed by atoms with Crippen LogP contribution in [0, 0.1) is 10.1 Å². The van der Waals surface area contributed by atoms with Gasteiger partial charge < -0.3 is 48.2 Å². The third-order valence-corrected chi connectivity index (χ3v) is 10.6. The topological polar surface area (TPSA) is 300 Å². The number of nitrogens with one attached hydrogen (secondary N) is 4. The molecule has 0 saturated carbocycles. The first-order chi connectivity index (χ1) is 34.9. The number of nitrogens with zero attached hydrogens (tertiary/aromatic N) is 3. The molecule has 2 aromatic heterocycles. The number of hydrogen-bond acceptors (Lipinski definition) is 15. The molecule has 6 aromatic carbocycles. The van der Waals surface area contributed by atoms with E-state index in [0.29, 0.717) is 75.5 Å². The summed E-state index contributed by atoms with van der Waals surface area (Å²) in [6.07, 6.45) is 1.60. The summed E-state index contributed by atoms with van der Waals surface area (Å²) in [6, 6.07) is 50.1. The van der Waals surface area contributed by atoms with Crippen molar-refractivity contribution in [3.63, 3.8) is 0 Å². The molecule has 8 rings (SSSR count). The van der Waals surface area contributed by atoms with Crippen LogP contribution >= 0.6 is 0 Å². The van der Waals surface area contributed by atoms with Crippen LogP contribution < -0.4 is 59.8 Å². The number of hydrogen-bond donors (Lipinski definition) is 9. The van der Waals surface area contributed by atoms with E-state index in [2.05, 4.69) is 43.6 Å². The Balaban J connectivity index is 0.000000228. The van der Waals surface area contributed by atoms with Gasteiger partial charge in [0.15, 0.2) is 0 Å². The lowest BCUT2D eigenvalue weighted by Gasteiger charge is -2.11. The zero-order valence-electron chi connectivity index (χ0n) is 39.7. The number of ether oxygens (including phenoxy) is 2. The quantitative estimate of drug-likeness (QED) is 0.0178. The number of nitrogen functional groups attached to an aromatic ring is 5. The van der Waals surface area contributed by atoms with Gasteiger partial charge in [0.05, 0.1) is 40.9 Å². The summed E-state index contributed by atoms with van der Waals surface area (Å²) in [5, 5.41) is 17.1. The van der Waals surface area contributed by atoms with Crippen LogP contribution in [0.5, 0.6) is 11.5 Å². The molecule has 14 N–H and O–H groups in total. The van der Waals surface area contributed by atoms with Crippen LogP contribution in [0.3, 0.4) is 0 Å². The van der Waals surface area contributed by atoms with Crippen LogP contribution in [0.25, 0.3) is 22.5 Å². The smallest absolute Gasteiger partial charge is 0.270 e. The lowest BCUT2D eigenvalue weighted by Crippen LogP contribution is -2.13. The molecule has 0 unspecified atom stereocenters. The van der Waals surface area contributed by atoms with Gasteiger partial charge in [-0.05, 0) is 108 Å². The molecule has 0 aliphatic carbocycles. The highest BCUT2D eigenvalue weighted by atomic mass is 16.6. The number of pyridine rings is 2. The second-order valence-electron chi connectivity index (χ2n) is 15.5. The Labute approximate surface area is 416 Å². The van der Waals surface area contributed by atoms with Gasteiger partial charge in [0.1, 0.15) is 23.1 Å². The fourth-order valence-electron chi connectivity index (χ4n) is 6.98. The number of rotatable bonds is 17. The highest BCUT2D eigenvalue weighted by Crippen LogP contribution is 2.30. The van der Waals surface area contributed by atoms with Gasteiger partial charge in [-0.25, -0.2) is 9.97 Å². The number of aromatic nitrogens is 2. The molecular weight excluding hydrogens is 913 g/mol. The molecule has 0 radical (unpaired) electrons. The molecule has 72 heavy (non-hydrogen) atoms. The minimum atomic E-state index is -0.568. The highest BCUT2D eigenvalue weighted by molar-refractivity contribution is 6.06. The number of amides is 2. The maximum absolute atomic E-state index is 12.9.